The molecule has 9 aromatic rings. The summed E-state index contributed by atoms with van der Waals surface area (Å²) in [6, 6.07) is 53.5. The quantitative estimate of drug-likeness (QED) is 0.196. The summed E-state index contributed by atoms with van der Waals surface area (Å²) in [5.41, 5.74) is 7.46. The first-order valence-corrected chi connectivity index (χ1v) is 15.6. The minimum Gasteiger partial charge on any atom is -0.435 e. The highest BCUT2D eigenvalue weighted by atomic mass is 16.3. The summed E-state index contributed by atoms with van der Waals surface area (Å²) >= 11 is 0. The van der Waals surface area contributed by atoms with Crippen LogP contribution in [0.2, 0.25) is 0 Å². The lowest BCUT2D eigenvalue weighted by molar-refractivity contribution is 0.623. The van der Waals surface area contributed by atoms with Crippen LogP contribution in [-0.2, 0) is 0 Å². The van der Waals surface area contributed by atoms with E-state index in [1.165, 1.54) is 11.1 Å². The van der Waals surface area contributed by atoms with Crippen LogP contribution in [0.5, 0.6) is 0 Å². The number of nitrogens with zero attached hydrogens (tertiary/aromatic N) is 4. The molecule has 220 valence electrons. The Kier molecular flexibility index (Phi) is 6.39. The van der Waals surface area contributed by atoms with Crippen LogP contribution in [0.15, 0.2) is 162 Å². The molecule has 0 aliphatic rings. The Hall–Kier alpha value is -6.46. The second-order valence-corrected chi connectivity index (χ2v) is 11.4. The molecule has 0 spiro atoms. The smallest absolute Gasteiger partial charge is 0.227 e. The second kappa shape index (κ2) is 11.2. The third-order valence-electron chi connectivity index (χ3n) is 8.58. The molecule has 0 saturated heterocycles. The van der Waals surface area contributed by atoms with Crippen molar-refractivity contribution in [2.75, 3.05) is 0 Å². The van der Waals surface area contributed by atoms with Gasteiger partial charge in [0.1, 0.15) is 5.52 Å². The molecular weight excluding hydrogens is 576 g/mol. The van der Waals surface area contributed by atoms with Gasteiger partial charge in [0.2, 0.25) is 5.89 Å². The van der Waals surface area contributed by atoms with Gasteiger partial charge >= 0.3 is 0 Å². The molecule has 9 rings (SSSR count). The van der Waals surface area contributed by atoms with Crippen LogP contribution in [0.25, 0.3) is 89.4 Å². The molecule has 0 amide bonds. The van der Waals surface area contributed by atoms with Crippen LogP contribution in [0.3, 0.4) is 0 Å². The van der Waals surface area contributed by atoms with E-state index < -0.39 is 0 Å². The Balaban J connectivity index is 1.30. The number of benzene rings is 7. The van der Waals surface area contributed by atoms with Gasteiger partial charge in [-0.2, -0.15) is 0 Å². The van der Waals surface area contributed by atoms with E-state index >= 15 is 0 Å². The van der Waals surface area contributed by atoms with Gasteiger partial charge in [0, 0.05) is 27.6 Å². The molecule has 2 heterocycles. The molecule has 0 saturated carbocycles. The lowest BCUT2D eigenvalue weighted by atomic mass is 9.94. The summed E-state index contributed by atoms with van der Waals surface area (Å²) in [5.74, 6) is 2.36. The van der Waals surface area contributed by atoms with Crippen molar-refractivity contribution >= 4 is 32.6 Å². The zero-order valence-corrected chi connectivity index (χ0v) is 25.2. The molecule has 5 nitrogen and oxygen atoms in total. The fraction of sp³-hybridized carbons (Fsp3) is 0. The maximum absolute atomic E-state index is 6.49. The van der Waals surface area contributed by atoms with E-state index in [0.29, 0.717) is 28.9 Å². The summed E-state index contributed by atoms with van der Waals surface area (Å²) in [5, 5.41) is 4.15. The molecule has 2 aromatic heterocycles. The first-order chi connectivity index (χ1) is 23.3. The predicted molar refractivity (Wildman–Crippen MR) is 190 cm³/mol. The van der Waals surface area contributed by atoms with E-state index in [9.17, 15) is 0 Å². The Morgan fingerprint density at radius 1 is 0.362 bits per heavy atom. The highest BCUT2D eigenvalue weighted by Crippen LogP contribution is 2.38. The number of aromatic nitrogens is 4. The van der Waals surface area contributed by atoms with Gasteiger partial charge in [0.15, 0.2) is 23.1 Å². The molecule has 0 aliphatic heterocycles. The van der Waals surface area contributed by atoms with E-state index in [1.807, 2.05) is 78.9 Å². The third kappa shape index (κ3) is 4.73. The molecule has 0 unspecified atom stereocenters. The van der Waals surface area contributed by atoms with E-state index in [1.54, 1.807) is 0 Å². The highest BCUT2D eigenvalue weighted by Gasteiger charge is 2.20. The topological polar surface area (TPSA) is 64.7 Å². The molecular formula is C42H26N4O. The Morgan fingerprint density at radius 2 is 0.936 bits per heavy atom. The fourth-order valence-corrected chi connectivity index (χ4v) is 6.34. The summed E-state index contributed by atoms with van der Waals surface area (Å²) in [6.45, 7) is 0. The lowest BCUT2D eigenvalue weighted by Crippen LogP contribution is -2.01. The molecule has 0 radical (unpaired) electrons. The van der Waals surface area contributed by atoms with Gasteiger partial charge in [0.25, 0.3) is 0 Å². The van der Waals surface area contributed by atoms with Crippen LogP contribution >= 0.6 is 0 Å². The second-order valence-electron chi connectivity index (χ2n) is 11.4. The van der Waals surface area contributed by atoms with Crippen molar-refractivity contribution in [3.05, 3.63) is 158 Å². The largest absolute Gasteiger partial charge is 0.435 e. The number of oxazole rings is 1. The zero-order valence-electron chi connectivity index (χ0n) is 25.2. The molecule has 0 atom stereocenters. The van der Waals surface area contributed by atoms with Crippen LogP contribution in [0.4, 0.5) is 0 Å². The maximum Gasteiger partial charge on any atom is 0.227 e. The van der Waals surface area contributed by atoms with E-state index in [4.69, 9.17) is 24.4 Å². The van der Waals surface area contributed by atoms with Crippen molar-refractivity contribution in [2.45, 2.75) is 0 Å². The first-order valence-electron chi connectivity index (χ1n) is 15.6. The number of rotatable bonds is 5. The number of hydrogen-bond donors (Lipinski definition) is 0. The van der Waals surface area contributed by atoms with Crippen molar-refractivity contribution in [1.82, 2.24) is 19.9 Å². The van der Waals surface area contributed by atoms with Crippen molar-refractivity contribution in [3.63, 3.8) is 0 Å². The van der Waals surface area contributed by atoms with Crippen molar-refractivity contribution in [3.8, 4) is 56.7 Å². The number of hydrogen-bond acceptors (Lipinski definition) is 5. The molecule has 5 heteroatoms. The van der Waals surface area contributed by atoms with Gasteiger partial charge in [-0.3, -0.25) is 0 Å². The van der Waals surface area contributed by atoms with Gasteiger partial charge in [-0.25, -0.2) is 19.9 Å². The Labute approximate surface area is 270 Å². The van der Waals surface area contributed by atoms with Gasteiger partial charge < -0.3 is 4.42 Å². The summed E-state index contributed by atoms with van der Waals surface area (Å²) in [6.07, 6.45) is 0. The SMILES string of the molecule is c1ccc(-c2nc(-c3ccc(-c4ccccc4)c4ccccc34)nc(-c3cccc4ccc5nc(-c6ccccc6)oc5c34)n2)cc1. The Bertz CT molecular complexity index is 2560. The zero-order chi connectivity index (χ0) is 31.2. The first kappa shape index (κ1) is 26.9. The van der Waals surface area contributed by atoms with Gasteiger partial charge in [0.05, 0.1) is 0 Å². The monoisotopic (exact) mass is 602 g/mol. The summed E-state index contributed by atoms with van der Waals surface area (Å²) < 4.78 is 6.49. The van der Waals surface area contributed by atoms with Gasteiger partial charge in [-0.15, -0.1) is 0 Å². The Morgan fingerprint density at radius 3 is 1.66 bits per heavy atom. The lowest BCUT2D eigenvalue weighted by Gasteiger charge is -2.13. The molecule has 0 fully saturated rings. The van der Waals surface area contributed by atoms with Crippen molar-refractivity contribution < 1.29 is 4.42 Å². The number of fused-ring (bicyclic) bond motifs is 4. The van der Waals surface area contributed by atoms with Crippen molar-refractivity contribution in [1.29, 1.82) is 0 Å². The summed E-state index contributed by atoms with van der Waals surface area (Å²) in [7, 11) is 0. The fourth-order valence-electron chi connectivity index (χ4n) is 6.34. The van der Waals surface area contributed by atoms with Gasteiger partial charge in [-0.1, -0.05) is 133 Å². The van der Waals surface area contributed by atoms with E-state index in [-0.39, 0.29) is 0 Å². The van der Waals surface area contributed by atoms with Crippen molar-refractivity contribution in [2.24, 2.45) is 0 Å². The average Bonchev–Trinajstić information content (AvgIpc) is 3.60. The van der Waals surface area contributed by atoms with E-state index in [2.05, 4.69) is 78.9 Å². The van der Waals surface area contributed by atoms with Gasteiger partial charge in [-0.05, 0) is 51.6 Å². The minimum absolute atomic E-state index is 0.570. The summed E-state index contributed by atoms with van der Waals surface area (Å²) in [4.78, 5) is 20.2. The average molecular weight is 603 g/mol. The van der Waals surface area contributed by atoms with E-state index in [0.717, 1.165) is 49.3 Å². The molecule has 47 heavy (non-hydrogen) atoms. The van der Waals surface area contributed by atoms with Crippen LogP contribution in [-0.4, -0.2) is 19.9 Å². The normalized spacial score (nSPS) is 11.4. The van der Waals surface area contributed by atoms with Crippen LogP contribution in [0.1, 0.15) is 0 Å². The molecule has 0 bridgehead atoms. The highest BCUT2D eigenvalue weighted by molar-refractivity contribution is 6.11. The van der Waals surface area contributed by atoms with Crippen LogP contribution < -0.4 is 0 Å². The standard InChI is InChI=1S/C42H26N4O/c1-4-13-27(14-5-1)31-24-25-34(33-21-11-10-20-32(31)33)40-44-39(29-15-6-2-7-16-29)45-41(46-40)35-22-12-19-28-23-26-36-38(37(28)35)47-42(43-36)30-17-8-3-9-18-30/h1-26H. The molecule has 0 N–H and O–H groups in total. The predicted octanol–water partition coefficient (Wildman–Crippen LogP) is 10.7. The molecule has 7 aromatic carbocycles. The minimum atomic E-state index is 0.570. The molecule has 0 aliphatic carbocycles. The third-order valence-corrected chi connectivity index (χ3v) is 8.58. The van der Waals surface area contributed by atoms with Crippen LogP contribution in [0, 0.1) is 0 Å². The maximum atomic E-state index is 6.49.